The van der Waals surface area contributed by atoms with Crippen molar-refractivity contribution in [3.8, 4) is 0 Å². The number of pyridine rings is 1. The Hall–Kier alpha value is -2.64. The molecule has 25 heavy (non-hydrogen) atoms. The number of ether oxygens (including phenoxy) is 1. The van der Waals surface area contributed by atoms with Crippen molar-refractivity contribution in [3.63, 3.8) is 0 Å². The highest BCUT2D eigenvalue weighted by Gasteiger charge is 2.24. The summed E-state index contributed by atoms with van der Waals surface area (Å²) in [5.74, 6) is -0.636. The van der Waals surface area contributed by atoms with Gasteiger partial charge < -0.3 is 20.3 Å². The monoisotopic (exact) mass is 348 g/mol. The van der Waals surface area contributed by atoms with E-state index in [-0.39, 0.29) is 30.4 Å². The molecule has 2 N–H and O–H groups in total. The summed E-state index contributed by atoms with van der Waals surface area (Å²) in [5, 5.41) is 5.54. The van der Waals surface area contributed by atoms with Crippen molar-refractivity contribution < 1.29 is 19.1 Å². The van der Waals surface area contributed by atoms with Crippen LogP contribution in [0, 0.1) is 0 Å². The van der Waals surface area contributed by atoms with Gasteiger partial charge in [-0.1, -0.05) is 6.07 Å². The van der Waals surface area contributed by atoms with Gasteiger partial charge in [0, 0.05) is 38.1 Å². The minimum absolute atomic E-state index is 0.0238. The Morgan fingerprint density at radius 3 is 2.68 bits per heavy atom. The number of piperidine rings is 1. The van der Waals surface area contributed by atoms with Crippen LogP contribution in [0.3, 0.4) is 0 Å². The van der Waals surface area contributed by atoms with E-state index in [0.717, 1.165) is 5.56 Å². The molecule has 1 saturated heterocycles. The Morgan fingerprint density at radius 2 is 2.04 bits per heavy atom. The van der Waals surface area contributed by atoms with Crippen LogP contribution in [0.25, 0.3) is 0 Å². The quantitative estimate of drug-likeness (QED) is 0.742. The molecule has 8 heteroatoms. The summed E-state index contributed by atoms with van der Waals surface area (Å²) in [6.45, 7) is 3.54. The largest absolute Gasteiger partial charge is 0.450 e. The maximum Gasteiger partial charge on any atom is 0.409 e. The molecule has 1 fully saturated rings. The van der Waals surface area contributed by atoms with Crippen LogP contribution in [0.1, 0.15) is 31.7 Å². The summed E-state index contributed by atoms with van der Waals surface area (Å²) in [5.41, 5.74) is 0.877. The van der Waals surface area contributed by atoms with Crippen molar-refractivity contribution in [2.75, 3.05) is 19.7 Å². The standard InChI is InChI=1S/C17H24N4O4/c1-2-25-17(24)21-8-5-14(6-9-21)20-16(23)10-15(22)19-12-13-4-3-7-18-11-13/h3-4,7,11,14H,2,5-6,8-10,12H2,1H3,(H,19,22)(H,20,23). The van der Waals surface area contributed by atoms with Gasteiger partial charge in [0.2, 0.25) is 11.8 Å². The topological polar surface area (TPSA) is 101 Å². The average Bonchev–Trinajstić information content (AvgIpc) is 2.61. The number of rotatable bonds is 6. The first-order chi connectivity index (χ1) is 12.1. The Labute approximate surface area is 146 Å². The molecule has 0 spiro atoms. The predicted molar refractivity (Wildman–Crippen MR) is 90.5 cm³/mol. The number of hydrogen-bond acceptors (Lipinski definition) is 5. The number of likely N-dealkylation sites (tertiary alicyclic amines) is 1. The van der Waals surface area contributed by atoms with Crippen LogP contribution >= 0.6 is 0 Å². The van der Waals surface area contributed by atoms with Gasteiger partial charge in [0.15, 0.2) is 0 Å². The molecule has 0 radical (unpaired) electrons. The summed E-state index contributed by atoms with van der Waals surface area (Å²) in [6.07, 6.45) is 4.10. The van der Waals surface area contributed by atoms with Gasteiger partial charge in [0.05, 0.1) is 6.61 Å². The average molecular weight is 348 g/mol. The van der Waals surface area contributed by atoms with Gasteiger partial charge in [0.25, 0.3) is 0 Å². The molecule has 2 heterocycles. The molecule has 1 aromatic heterocycles. The lowest BCUT2D eigenvalue weighted by molar-refractivity contribution is -0.129. The zero-order valence-corrected chi connectivity index (χ0v) is 14.4. The molecule has 0 unspecified atom stereocenters. The van der Waals surface area contributed by atoms with Gasteiger partial charge in [-0.25, -0.2) is 4.79 Å². The minimum Gasteiger partial charge on any atom is -0.450 e. The minimum atomic E-state index is -0.328. The lowest BCUT2D eigenvalue weighted by Crippen LogP contribution is -2.47. The van der Waals surface area contributed by atoms with Crippen molar-refractivity contribution in [1.82, 2.24) is 20.5 Å². The third-order valence-electron chi connectivity index (χ3n) is 3.92. The first kappa shape index (κ1) is 18.7. The molecular weight excluding hydrogens is 324 g/mol. The molecule has 1 aromatic rings. The highest BCUT2D eigenvalue weighted by atomic mass is 16.6. The lowest BCUT2D eigenvalue weighted by Gasteiger charge is -2.31. The van der Waals surface area contributed by atoms with Gasteiger partial charge in [0.1, 0.15) is 6.42 Å². The van der Waals surface area contributed by atoms with E-state index in [1.165, 1.54) is 0 Å². The first-order valence-corrected chi connectivity index (χ1v) is 8.45. The van der Waals surface area contributed by atoms with Gasteiger partial charge in [-0.3, -0.25) is 14.6 Å². The van der Waals surface area contributed by atoms with Gasteiger partial charge in [-0.15, -0.1) is 0 Å². The van der Waals surface area contributed by atoms with E-state index in [0.29, 0.717) is 39.1 Å². The predicted octanol–water partition coefficient (Wildman–Crippen LogP) is 0.825. The van der Waals surface area contributed by atoms with E-state index in [1.54, 1.807) is 30.3 Å². The number of aromatic nitrogens is 1. The molecule has 0 aliphatic carbocycles. The van der Waals surface area contributed by atoms with Crippen LogP contribution < -0.4 is 10.6 Å². The van der Waals surface area contributed by atoms with Crippen molar-refractivity contribution in [2.24, 2.45) is 0 Å². The molecule has 0 saturated carbocycles. The van der Waals surface area contributed by atoms with E-state index in [2.05, 4.69) is 15.6 Å². The Balaban J connectivity index is 1.65. The van der Waals surface area contributed by atoms with Crippen LogP contribution in [-0.2, 0) is 20.9 Å². The summed E-state index contributed by atoms with van der Waals surface area (Å²) >= 11 is 0. The molecule has 1 aliphatic heterocycles. The normalized spacial score (nSPS) is 14.7. The number of hydrogen-bond donors (Lipinski definition) is 2. The van der Waals surface area contributed by atoms with Crippen molar-refractivity contribution >= 4 is 17.9 Å². The second-order valence-electron chi connectivity index (χ2n) is 5.84. The Bertz CT molecular complexity index is 586. The molecule has 8 nitrogen and oxygen atoms in total. The zero-order valence-electron chi connectivity index (χ0n) is 14.4. The molecule has 3 amide bonds. The number of nitrogens with one attached hydrogen (secondary N) is 2. The van der Waals surface area contributed by atoms with Gasteiger partial charge in [-0.2, -0.15) is 0 Å². The summed E-state index contributed by atoms with van der Waals surface area (Å²) < 4.78 is 4.96. The van der Waals surface area contributed by atoms with Crippen LogP contribution in [-0.4, -0.2) is 53.5 Å². The van der Waals surface area contributed by atoms with E-state index in [1.807, 2.05) is 6.07 Å². The fourth-order valence-corrected chi connectivity index (χ4v) is 2.61. The van der Waals surface area contributed by atoms with E-state index in [9.17, 15) is 14.4 Å². The molecule has 0 aromatic carbocycles. The zero-order chi connectivity index (χ0) is 18.1. The number of carbonyl (C=O) groups is 3. The van der Waals surface area contributed by atoms with Crippen LogP contribution in [0.4, 0.5) is 4.79 Å². The molecule has 136 valence electrons. The SMILES string of the molecule is CCOC(=O)N1CCC(NC(=O)CC(=O)NCc2cccnc2)CC1. The summed E-state index contributed by atoms with van der Waals surface area (Å²) in [6, 6.07) is 3.62. The third kappa shape index (κ3) is 6.40. The van der Waals surface area contributed by atoms with Crippen molar-refractivity contribution in [1.29, 1.82) is 0 Å². The highest BCUT2D eigenvalue weighted by Crippen LogP contribution is 2.11. The maximum atomic E-state index is 12.0. The molecular formula is C17H24N4O4. The fourth-order valence-electron chi connectivity index (χ4n) is 2.61. The Kier molecular flexibility index (Phi) is 7.18. The third-order valence-corrected chi connectivity index (χ3v) is 3.92. The fraction of sp³-hybridized carbons (Fsp3) is 0.529. The van der Waals surface area contributed by atoms with Gasteiger partial charge >= 0.3 is 6.09 Å². The summed E-state index contributed by atoms with van der Waals surface area (Å²) in [4.78, 5) is 41.0. The second kappa shape index (κ2) is 9.61. The van der Waals surface area contributed by atoms with Crippen molar-refractivity contribution in [2.45, 2.75) is 38.8 Å². The van der Waals surface area contributed by atoms with E-state index in [4.69, 9.17) is 4.74 Å². The Morgan fingerprint density at radius 1 is 1.28 bits per heavy atom. The van der Waals surface area contributed by atoms with Crippen LogP contribution in [0.15, 0.2) is 24.5 Å². The van der Waals surface area contributed by atoms with Crippen molar-refractivity contribution in [3.05, 3.63) is 30.1 Å². The lowest BCUT2D eigenvalue weighted by atomic mass is 10.1. The smallest absolute Gasteiger partial charge is 0.409 e. The highest BCUT2D eigenvalue weighted by molar-refractivity contribution is 5.96. The number of amides is 3. The van der Waals surface area contributed by atoms with E-state index >= 15 is 0 Å². The molecule has 2 rings (SSSR count). The van der Waals surface area contributed by atoms with Crippen LogP contribution in [0.5, 0.6) is 0 Å². The van der Waals surface area contributed by atoms with Crippen LogP contribution in [0.2, 0.25) is 0 Å². The number of carbonyl (C=O) groups excluding carboxylic acids is 3. The first-order valence-electron chi connectivity index (χ1n) is 8.45. The molecule has 1 aliphatic rings. The summed E-state index contributed by atoms with van der Waals surface area (Å²) in [7, 11) is 0. The maximum absolute atomic E-state index is 12.0. The molecule has 0 atom stereocenters. The number of nitrogens with zero attached hydrogens (tertiary/aromatic N) is 2. The van der Waals surface area contributed by atoms with Gasteiger partial charge in [-0.05, 0) is 31.4 Å². The molecule has 0 bridgehead atoms. The second-order valence-corrected chi connectivity index (χ2v) is 5.84. The van der Waals surface area contributed by atoms with E-state index < -0.39 is 0 Å².